The molecule has 1 aromatic carbocycles. The summed E-state index contributed by atoms with van der Waals surface area (Å²) in [5.74, 6) is -0.260. The maximum atomic E-state index is 11.9. The molecule has 0 spiro atoms. The van der Waals surface area contributed by atoms with Crippen LogP contribution in [0.25, 0.3) is 0 Å². The standard InChI is InChI=1S/C17H24N4O4/c1-17(2,3)13(22)8-18-15(24)20-12-6-4-11(5-7-12)10-21-14(23)9-19-16(21)25/h4-7,13,22H,8-10H2,1-3H3,(H,19,25)(H2,18,20,24)/t13-/m1/s1. The number of imide groups is 1. The summed E-state index contributed by atoms with van der Waals surface area (Å²) >= 11 is 0. The molecule has 25 heavy (non-hydrogen) atoms. The van der Waals surface area contributed by atoms with E-state index in [0.717, 1.165) is 10.5 Å². The molecule has 8 heteroatoms. The molecule has 0 saturated carbocycles. The van der Waals surface area contributed by atoms with Crippen LogP contribution < -0.4 is 16.0 Å². The molecule has 0 unspecified atom stereocenters. The van der Waals surface area contributed by atoms with Gasteiger partial charge in [0.05, 0.1) is 19.2 Å². The van der Waals surface area contributed by atoms with E-state index in [-0.39, 0.29) is 31.0 Å². The van der Waals surface area contributed by atoms with Gasteiger partial charge in [0.2, 0.25) is 5.91 Å². The number of rotatable bonds is 5. The van der Waals surface area contributed by atoms with Crippen molar-refractivity contribution in [2.24, 2.45) is 5.41 Å². The number of nitrogens with zero attached hydrogens (tertiary/aromatic N) is 1. The fraction of sp³-hybridized carbons (Fsp3) is 0.471. The molecule has 5 amide bonds. The second kappa shape index (κ2) is 7.52. The molecule has 1 aliphatic rings. The van der Waals surface area contributed by atoms with E-state index in [9.17, 15) is 19.5 Å². The number of benzene rings is 1. The van der Waals surface area contributed by atoms with E-state index in [2.05, 4.69) is 16.0 Å². The van der Waals surface area contributed by atoms with Gasteiger partial charge in [0, 0.05) is 12.2 Å². The molecule has 2 rings (SSSR count). The SMILES string of the molecule is CC(C)(C)[C@H](O)CNC(=O)Nc1ccc(CN2C(=O)CNC2=O)cc1. The average molecular weight is 348 g/mol. The van der Waals surface area contributed by atoms with Crippen LogP contribution in [0.4, 0.5) is 15.3 Å². The zero-order chi connectivity index (χ0) is 18.6. The van der Waals surface area contributed by atoms with Crippen LogP contribution in [-0.4, -0.2) is 47.2 Å². The van der Waals surface area contributed by atoms with E-state index in [4.69, 9.17) is 0 Å². The first kappa shape index (κ1) is 18.7. The first-order valence-electron chi connectivity index (χ1n) is 8.07. The zero-order valence-corrected chi connectivity index (χ0v) is 14.6. The summed E-state index contributed by atoms with van der Waals surface area (Å²) in [5.41, 5.74) is 1.04. The normalized spacial score (nSPS) is 15.8. The monoisotopic (exact) mass is 348 g/mol. The van der Waals surface area contributed by atoms with Gasteiger partial charge in [0.25, 0.3) is 0 Å². The van der Waals surface area contributed by atoms with Gasteiger partial charge in [-0.15, -0.1) is 0 Å². The van der Waals surface area contributed by atoms with Crippen LogP contribution in [0.1, 0.15) is 26.3 Å². The van der Waals surface area contributed by atoms with E-state index in [1.807, 2.05) is 20.8 Å². The predicted octanol–water partition coefficient (Wildman–Crippen LogP) is 1.27. The highest BCUT2D eigenvalue weighted by molar-refractivity contribution is 6.01. The Morgan fingerprint density at radius 2 is 1.92 bits per heavy atom. The van der Waals surface area contributed by atoms with Crippen LogP contribution in [0.5, 0.6) is 0 Å². The molecule has 0 bridgehead atoms. The van der Waals surface area contributed by atoms with Crippen molar-refractivity contribution in [3.63, 3.8) is 0 Å². The smallest absolute Gasteiger partial charge is 0.324 e. The number of anilines is 1. The summed E-state index contributed by atoms with van der Waals surface area (Å²) in [5, 5.41) is 17.7. The maximum Gasteiger partial charge on any atom is 0.324 e. The topological polar surface area (TPSA) is 111 Å². The summed E-state index contributed by atoms with van der Waals surface area (Å²) in [6, 6.07) is 6.03. The minimum Gasteiger partial charge on any atom is -0.391 e. The molecule has 0 aromatic heterocycles. The Labute approximate surface area is 146 Å². The molecule has 1 heterocycles. The van der Waals surface area contributed by atoms with E-state index >= 15 is 0 Å². The lowest BCUT2D eigenvalue weighted by Crippen LogP contribution is -2.40. The Bertz CT molecular complexity index is 636. The second-order valence-electron chi connectivity index (χ2n) is 7.05. The Morgan fingerprint density at radius 1 is 1.28 bits per heavy atom. The molecule has 136 valence electrons. The van der Waals surface area contributed by atoms with Gasteiger partial charge in [-0.1, -0.05) is 32.9 Å². The van der Waals surface area contributed by atoms with E-state index in [0.29, 0.717) is 5.69 Å². The average Bonchev–Trinajstić information content (AvgIpc) is 2.85. The lowest BCUT2D eigenvalue weighted by molar-refractivity contribution is -0.125. The van der Waals surface area contributed by atoms with Crippen molar-refractivity contribution in [3.8, 4) is 0 Å². The molecule has 1 saturated heterocycles. The van der Waals surface area contributed by atoms with Crippen molar-refractivity contribution in [2.75, 3.05) is 18.4 Å². The lowest BCUT2D eigenvalue weighted by Gasteiger charge is -2.25. The van der Waals surface area contributed by atoms with Crippen LogP contribution in [0.3, 0.4) is 0 Å². The van der Waals surface area contributed by atoms with Crippen LogP contribution in [0.2, 0.25) is 0 Å². The van der Waals surface area contributed by atoms with Crippen molar-refractivity contribution in [1.29, 1.82) is 0 Å². The first-order valence-corrected chi connectivity index (χ1v) is 8.07. The molecule has 1 fully saturated rings. The Hall–Kier alpha value is -2.61. The van der Waals surface area contributed by atoms with Crippen LogP contribution >= 0.6 is 0 Å². The third-order valence-electron chi connectivity index (χ3n) is 3.95. The number of nitrogens with one attached hydrogen (secondary N) is 3. The molecule has 1 atom stereocenters. The Morgan fingerprint density at radius 3 is 2.44 bits per heavy atom. The summed E-state index contributed by atoms with van der Waals surface area (Å²) in [6.07, 6.45) is -0.648. The molecule has 4 N–H and O–H groups in total. The van der Waals surface area contributed by atoms with Gasteiger partial charge >= 0.3 is 12.1 Å². The molecular weight excluding hydrogens is 324 g/mol. The van der Waals surface area contributed by atoms with E-state index in [1.54, 1.807) is 24.3 Å². The number of aliphatic hydroxyl groups excluding tert-OH is 1. The van der Waals surface area contributed by atoms with Crippen molar-refractivity contribution >= 4 is 23.7 Å². The largest absolute Gasteiger partial charge is 0.391 e. The van der Waals surface area contributed by atoms with Crippen molar-refractivity contribution in [2.45, 2.75) is 33.4 Å². The van der Waals surface area contributed by atoms with Gasteiger partial charge in [-0.05, 0) is 23.1 Å². The fourth-order valence-electron chi connectivity index (χ4n) is 2.16. The number of carbonyl (C=O) groups excluding carboxylic acids is 3. The summed E-state index contributed by atoms with van der Waals surface area (Å²) in [6.45, 7) is 6.04. The van der Waals surface area contributed by atoms with Gasteiger partial charge in [-0.3, -0.25) is 9.69 Å². The number of hydrogen-bond donors (Lipinski definition) is 4. The van der Waals surface area contributed by atoms with Gasteiger partial charge in [0.15, 0.2) is 0 Å². The molecule has 0 aliphatic carbocycles. The molecular formula is C17H24N4O4. The van der Waals surface area contributed by atoms with Gasteiger partial charge in [-0.25, -0.2) is 9.59 Å². The van der Waals surface area contributed by atoms with Crippen LogP contribution in [0, 0.1) is 5.41 Å². The zero-order valence-electron chi connectivity index (χ0n) is 14.6. The minimum absolute atomic E-state index is 0.0268. The van der Waals surface area contributed by atoms with Gasteiger partial charge in [-0.2, -0.15) is 0 Å². The van der Waals surface area contributed by atoms with Crippen molar-refractivity contribution in [1.82, 2.24) is 15.5 Å². The highest BCUT2D eigenvalue weighted by Crippen LogP contribution is 2.18. The van der Waals surface area contributed by atoms with Gasteiger partial charge < -0.3 is 21.1 Å². The molecule has 0 radical (unpaired) electrons. The number of carbonyl (C=O) groups is 3. The summed E-state index contributed by atoms with van der Waals surface area (Å²) in [7, 11) is 0. The summed E-state index contributed by atoms with van der Waals surface area (Å²) in [4.78, 5) is 36.1. The maximum absolute atomic E-state index is 11.9. The molecule has 1 aliphatic heterocycles. The highest BCUT2D eigenvalue weighted by Gasteiger charge is 2.28. The first-order chi connectivity index (χ1) is 11.7. The number of urea groups is 2. The van der Waals surface area contributed by atoms with Crippen molar-refractivity contribution < 1.29 is 19.5 Å². The van der Waals surface area contributed by atoms with E-state index in [1.165, 1.54) is 0 Å². The van der Waals surface area contributed by atoms with Crippen LogP contribution in [-0.2, 0) is 11.3 Å². The third kappa shape index (κ3) is 5.18. The quantitative estimate of drug-likeness (QED) is 0.601. The number of aliphatic hydroxyl groups is 1. The number of amides is 5. The lowest BCUT2D eigenvalue weighted by atomic mass is 9.89. The molecule has 8 nitrogen and oxygen atoms in total. The third-order valence-corrected chi connectivity index (χ3v) is 3.95. The Kier molecular flexibility index (Phi) is 5.63. The summed E-state index contributed by atoms with van der Waals surface area (Å²) < 4.78 is 0. The van der Waals surface area contributed by atoms with E-state index < -0.39 is 18.2 Å². The van der Waals surface area contributed by atoms with Gasteiger partial charge in [0.1, 0.15) is 0 Å². The van der Waals surface area contributed by atoms with Crippen LogP contribution in [0.15, 0.2) is 24.3 Å². The highest BCUT2D eigenvalue weighted by atomic mass is 16.3. The molecule has 1 aromatic rings. The minimum atomic E-state index is -0.648. The van der Waals surface area contributed by atoms with Crippen molar-refractivity contribution in [3.05, 3.63) is 29.8 Å². The number of hydrogen-bond acceptors (Lipinski definition) is 4. The predicted molar refractivity (Wildman–Crippen MR) is 92.9 cm³/mol. The second-order valence-corrected chi connectivity index (χ2v) is 7.05. The fourth-order valence-corrected chi connectivity index (χ4v) is 2.16. The Balaban J connectivity index is 1.84.